The number of hydrogen-bond acceptors (Lipinski definition) is 2. The van der Waals surface area contributed by atoms with Crippen LogP contribution in [0, 0.1) is 5.41 Å². The van der Waals surface area contributed by atoms with Crippen LogP contribution >= 0.6 is 0 Å². The number of hydrogen-bond donors (Lipinski definition) is 2. The van der Waals surface area contributed by atoms with E-state index < -0.39 is 23.7 Å². The van der Waals surface area contributed by atoms with Crippen LogP contribution in [-0.2, 0) is 0 Å². The van der Waals surface area contributed by atoms with Gasteiger partial charge in [-0.05, 0) is 39.3 Å². The summed E-state index contributed by atoms with van der Waals surface area (Å²) in [6, 6.07) is -2.24. The molecule has 7 heteroatoms. The first-order chi connectivity index (χ1) is 8.91. The maximum atomic E-state index is 13.4. The molecule has 2 saturated heterocycles. The number of piperidine rings is 1. The fourth-order valence-electron chi connectivity index (χ4n) is 3.38. The maximum absolute atomic E-state index is 13.4. The highest BCUT2D eigenvalue weighted by Gasteiger charge is 2.60. The first kappa shape index (κ1) is 14.4. The molecule has 2 rings (SSSR count). The molecule has 1 atom stereocenters. The van der Waals surface area contributed by atoms with Crippen LogP contribution in [0.25, 0.3) is 0 Å². The van der Waals surface area contributed by atoms with E-state index in [1.54, 1.807) is 6.92 Å². The molecule has 0 radical (unpaired) electrons. The first-order valence-corrected chi connectivity index (χ1v) is 6.72. The predicted molar refractivity (Wildman–Crippen MR) is 64.8 cm³/mol. The molecule has 0 aromatic heterocycles. The van der Waals surface area contributed by atoms with Crippen LogP contribution in [0.5, 0.6) is 0 Å². The minimum Gasteiger partial charge on any atom is -0.338 e. The Bertz CT molecular complexity index is 340. The Morgan fingerprint density at radius 2 is 2.00 bits per heavy atom. The Labute approximate surface area is 110 Å². The molecule has 2 aliphatic rings. The second-order valence-electron chi connectivity index (χ2n) is 5.34. The van der Waals surface area contributed by atoms with Crippen molar-refractivity contribution in [3.8, 4) is 0 Å². The third-order valence-electron chi connectivity index (χ3n) is 4.24. The van der Waals surface area contributed by atoms with Crippen LogP contribution in [0.3, 0.4) is 0 Å². The molecule has 2 aliphatic heterocycles. The van der Waals surface area contributed by atoms with Gasteiger partial charge in [-0.3, -0.25) is 0 Å². The van der Waals surface area contributed by atoms with E-state index >= 15 is 0 Å². The van der Waals surface area contributed by atoms with E-state index in [0.29, 0.717) is 38.9 Å². The third-order valence-corrected chi connectivity index (χ3v) is 4.24. The van der Waals surface area contributed by atoms with Gasteiger partial charge in [0.15, 0.2) is 0 Å². The second-order valence-corrected chi connectivity index (χ2v) is 5.34. The Kier molecular flexibility index (Phi) is 3.94. The Hall–Kier alpha value is -0.980. The topological polar surface area (TPSA) is 44.4 Å². The van der Waals surface area contributed by atoms with Crippen LogP contribution in [-0.4, -0.2) is 49.3 Å². The number of urea groups is 1. The van der Waals surface area contributed by atoms with E-state index in [9.17, 15) is 18.0 Å². The smallest absolute Gasteiger partial charge is 0.338 e. The summed E-state index contributed by atoms with van der Waals surface area (Å²) < 4.78 is 40.2. The molecular weight excluding hydrogens is 259 g/mol. The molecule has 0 aromatic carbocycles. The molecule has 0 aliphatic carbocycles. The number of nitrogens with one attached hydrogen (secondary N) is 2. The van der Waals surface area contributed by atoms with E-state index in [0.717, 1.165) is 4.90 Å². The molecule has 110 valence electrons. The molecule has 1 unspecified atom stereocenters. The van der Waals surface area contributed by atoms with Crippen molar-refractivity contribution in [1.29, 1.82) is 0 Å². The molecule has 2 heterocycles. The van der Waals surface area contributed by atoms with Crippen molar-refractivity contribution in [2.24, 2.45) is 5.41 Å². The van der Waals surface area contributed by atoms with Gasteiger partial charge in [0.1, 0.15) is 6.04 Å². The normalized spacial score (nSPS) is 26.7. The molecule has 2 fully saturated rings. The summed E-state index contributed by atoms with van der Waals surface area (Å²) in [6.07, 6.45) is -2.96. The third kappa shape index (κ3) is 2.66. The molecule has 0 aromatic rings. The fraction of sp³-hybridized carbons (Fsp3) is 0.917. The average Bonchev–Trinajstić information content (AvgIpc) is 2.69. The van der Waals surface area contributed by atoms with Gasteiger partial charge in [-0.25, -0.2) is 4.79 Å². The summed E-state index contributed by atoms with van der Waals surface area (Å²) in [5.74, 6) is 0. The summed E-state index contributed by atoms with van der Waals surface area (Å²) in [4.78, 5) is 12.8. The van der Waals surface area contributed by atoms with Gasteiger partial charge in [0, 0.05) is 18.5 Å². The zero-order valence-electron chi connectivity index (χ0n) is 11.0. The number of amides is 2. The van der Waals surface area contributed by atoms with Crippen LogP contribution < -0.4 is 10.6 Å². The van der Waals surface area contributed by atoms with E-state index in [1.165, 1.54) is 0 Å². The monoisotopic (exact) mass is 279 g/mol. The zero-order chi connectivity index (χ0) is 14.1. The van der Waals surface area contributed by atoms with Crippen molar-refractivity contribution in [2.45, 2.75) is 38.4 Å². The standard InChI is InChI=1S/C12H20F3N3O/c1-2-17-10(19)18-8-5-11(3-6-16-7-4-11)9(18)12(13,14)15/h9,16H,2-8H2,1H3,(H,17,19). The highest BCUT2D eigenvalue weighted by molar-refractivity contribution is 5.75. The SMILES string of the molecule is CCNC(=O)N1CCC2(CCNCC2)C1C(F)(F)F. The number of alkyl halides is 3. The van der Waals surface area contributed by atoms with E-state index in [1.807, 2.05) is 0 Å². The molecule has 2 N–H and O–H groups in total. The van der Waals surface area contributed by atoms with Gasteiger partial charge in [-0.1, -0.05) is 0 Å². The molecular formula is C12H20F3N3O. The maximum Gasteiger partial charge on any atom is 0.409 e. The first-order valence-electron chi connectivity index (χ1n) is 6.72. The molecule has 1 spiro atoms. The van der Waals surface area contributed by atoms with Crippen molar-refractivity contribution in [1.82, 2.24) is 15.5 Å². The van der Waals surface area contributed by atoms with Gasteiger partial charge in [0.2, 0.25) is 0 Å². The molecule has 4 nitrogen and oxygen atoms in total. The van der Waals surface area contributed by atoms with Crippen LogP contribution in [0.2, 0.25) is 0 Å². The lowest BCUT2D eigenvalue weighted by atomic mass is 9.72. The van der Waals surface area contributed by atoms with Gasteiger partial charge in [-0.15, -0.1) is 0 Å². The lowest BCUT2D eigenvalue weighted by Crippen LogP contribution is -2.56. The van der Waals surface area contributed by atoms with E-state index in [4.69, 9.17) is 0 Å². The fourth-order valence-corrected chi connectivity index (χ4v) is 3.38. The number of carbonyl (C=O) groups excluding carboxylic acids is 1. The summed E-state index contributed by atoms with van der Waals surface area (Å²) in [5, 5.41) is 5.57. The minimum atomic E-state index is -4.36. The largest absolute Gasteiger partial charge is 0.409 e. The lowest BCUT2D eigenvalue weighted by molar-refractivity contribution is -0.196. The van der Waals surface area contributed by atoms with Crippen LogP contribution in [0.1, 0.15) is 26.2 Å². The van der Waals surface area contributed by atoms with E-state index in [2.05, 4.69) is 10.6 Å². The van der Waals surface area contributed by atoms with Crippen LogP contribution in [0.4, 0.5) is 18.0 Å². The second kappa shape index (κ2) is 5.19. The number of nitrogens with zero attached hydrogens (tertiary/aromatic N) is 1. The van der Waals surface area contributed by atoms with Crippen molar-refractivity contribution in [3.63, 3.8) is 0 Å². The number of halogens is 3. The number of rotatable bonds is 1. The average molecular weight is 279 g/mol. The molecule has 0 saturated carbocycles. The lowest BCUT2D eigenvalue weighted by Gasteiger charge is -2.41. The highest BCUT2D eigenvalue weighted by atomic mass is 19.4. The summed E-state index contributed by atoms with van der Waals surface area (Å²) in [5.41, 5.74) is -0.797. The van der Waals surface area contributed by atoms with Crippen LogP contribution in [0.15, 0.2) is 0 Å². The summed E-state index contributed by atoms with van der Waals surface area (Å²) >= 11 is 0. The molecule has 19 heavy (non-hydrogen) atoms. The van der Waals surface area contributed by atoms with Crippen molar-refractivity contribution in [3.05, 3.63) is 0 Å². The molecule has 0 bridgehead atoms. The highest BCUT2D eigenvalue weighted by Crippen LogP contribution is 2.50. The number of likely N-dealkylation sites (tertiary alicyclic amines) is 1. The van der Waals surface area contributed by atoms with Gasteiger partial charge >= 0.3 is 12.2 Å². The van der Waals surface area contributed by atoms with Gasteiger partial charge in [-0.2, -0.15) is 13.2 Å². The van der Waals surface area contributed by atoms with Gasteiger partial charge < -0.3 is 15.5 Å². The van der Waals surface area contributed by atoms with Gasteiger partial charge in [0.05, 0.1) is 0 Å². The quantitative estimate of drug-likeness (QED) is 0.767. The number of carbonyl (C=O) groups is 1. The van der Waals surface area contributed by atoms with Crippen molar-refractivity contribution < 1.29 is 18.0 Å². The van der Waals surface area contributed by atoms with Gasteiger partial charge in [0.25, 0.3) is 0 Å². The Morgan fingerprint density at radius 3 is 2.53 bits per heavy atom. The Morgan fingerprint density at radius 1 is 1.37 bits per heavy atom. The minimum absolute atomic E-state index is 0.190. The van der Waals surface area contributed by atoms with Crippen molar-refractivity contribution in [2.75, 3.05) is 26.2 Å². The van der Waals surface area contributed by atoms with E-state index in [-0.39, 0.29) is 6.54 Å². The zero-order valence-corrected chi connectivity index (χ0v) is 11.0. The van der Waals surface area contributed by atoms with Crippen molar-refractivity contribution >= 4 is 6.03 Å². The molecule has 2 amide bonds. The summed E-state index contributed by atoms with van der Waals surface area (Å²) in [7, 11) is 0. The predicted octanol–water partition coefficient (Wildman–Crippen LogP) is 1.72. The Balaban J connectivity index is 2.25. The summed E-state index contributed by atoms with van der Waals surface area (Å²) in [6.45, 7) is 3.42.